The average molecular weight is 233 g/mol. The van der Waals surface area contributed by atoms with E-state index in [2.05, 4.69) is 25.3 Å². The van der Waals surface area contributed by atoms with Gasteiger partial charge in [0.2, 0.25) is 0 Å². The van der Waals surface area contributed by atoms with E-state index in [1.807, 2.05) is 13.8 Å². The van der Waals surface area contributed by atoms with Crippen molar-refractivity contribution in [2.75, 3.05) is 5.32 Å². The molecule has 0 saturated carbocycles. The summed E-state index contributed by atoms with van der Waals surface area (Å²) in [6.45, 7) is 4.53. The van der Waals surface area contributed by atoms with Gasteiger partial charge in [-0.05, 0) is 0 Å². The summed E-state index contributed by atoms with van der Waals surface area (Å²) >= 11 is 0. The Morgan fingerprint density at radius 1 is 1.47 bits per heavy atom. The molecule has 0 radical (unpaired) electrons. The molecule has 17 heavy (non-hydrogen) atoms. The minimum absolute atomic E-state index is 0.143. The summed E-state index contributed by atoms with van der Waals surface area (Å²) in [6.07, 6.45) is 3.34. The Bertz CT molecular complexity index is 529. The summed E-state index contributed by atoms with van der Waals surface area (Å²) in [5.41, 5.74) is 0.800. The average Bonchev–Trinajstić information content (AvgIpc) is 2.78. The Balaban J connectivity index is 2.13. The molecule has 0 amide bonds. The number of aromatic nitrogens is 4. The highest BCUT2D eigenvalue weighted by molar-refractivity contribution is 5.33. The second-order valence-electron chi connectivity index (χ2n) is 4.10. The van der Waals surface area contributed by atoms with Crippen LogP contribution in [0.25, 0.3) is 0 Å². The molecule has 2 heterocycles. The highest BCUT2D eigenvalue weighted by Gasteiger charge is 2.05. The van der Waals surface area contributed by atoms with Gasteiger partial charge in [0.15, 0.2) is 0 Å². The first kappa shape index (κ1) is 11.4. The van der Waals surface area contributed by atoms with Crippen LogP contribution < -0.4 is 10.9 Å². The molecule has 0 spiro atoms. The number of hydrogen-bond donors (Lipinski definition) is 3. The van der Waals surface area contributed by atoms with E-state index in [9.17, 15) is 4.79 Å². The van der Waals surface area contributed by atoms with Crippen LogP contribution in [-0.2, 0) is 6.54 Å². The maximum absolute atomic E-state index is 11.4. The lowest BCUT2D eigenvalue weighted by Gasteiger charge is -2.08. The first-order chi connectivity index (χ1) is 8.15. The molecule has 2 aromatic rings. The minimum Gasteiger partial charge on any atom is -0.364 e. The quantitative estimate of drug-likeness (QED) is 0.741. The van der Waals surface area contributed by atoms with Crippen molar-refractivity contribution in [3.63, 3.8) is 0 Å². The van der Waals surface area contributed by atoms with E-state index in [4.69, 9.17) is 0 Å². The zero-order chi connectivity index (χ0) is 12.3. The Morgan fingerprint density at radius 2 is 2.29 bits per heavy atom. The fraction of sp³-hybridized carbons (Fsp3) is 0.364. The standard InChI is InChI=1S/C11H15N5O/c1-7(2)11-15-9(3-10(17)16-11)13-5-8-4-12-6-14-8/h3-4,6-7H,5H2,1-2H3,(H,12,14)(H2,13,15,16,17). The Hall–Kier alpha value is -2.11. The monoisotopic (exact) mass is 233 g/mol. The van der Waals surface area contributed by atoms with E-state index in [0.29, 0.717) is 18.2 Å². The van der Waals surface area contributed by atoms with Crippen molar-refractivity contribution < 1.29 is 0 Å². The summed E-state index contributed by atoms with van der Waals surface area (Å²) < 4.78 is 0. The molecule has 2 aromatic heterocycles. The second kappa shape index (κ2) is 4.82. The SMILES string of the molecule is CC(C)c1nc(NCc2cnc[nH]2)cc(=O)[nH]1. The first-order valence-corrected chi connectivity index (χ1v) is 5.47. The van der Waals surface area contributed by atoms with Crippen LogP contribution in [0.1, 0.15) is 31.3 Å². The third-order valence-corrected chi connectivity index (χ3v) is 2.32. The van der Waals surface area contributed by atoms with Gasteiger partial charge >= 0.3 is 0 Å². The Labute approximate surface area is 98.5 Å². The molecular formula is C11H15N5O. The van der Waals surface area contributed by atoms with Crippen LogP contribution in [0.15, 0.2) is 23.4 Å². The second-order valence-corrected chi connectivity index (χ2v) is 4.10. The van der Waals surface area contributed by atoms with E-state index in [0.717, 1.165) is 5.69 Å². The molecule has 0 fully saturated rings. The molecule has 0 aliphatic rings. The molecule has 6 nitrogen and oxygen atoms in total. The van der Waals surface area contributed by atoms with Crippen molar-refractivity contribution in [2.24, 2.45) is 0 Å². The number of imidazole rings is 1. The number of H-pyrrole nitrogens is 2. The smallest absolute Gasteiger partial charge is 0.252 e. The van der Waals surface area contributed by atoms with Crippen LogP contribution in [-0.4, -0.2) is 19.9 Å². The highest BCUT2D eigenvalue weighted by Crippen LogP contribution is 2.09. The van der Waals surface area contributed by atoms with E-state index in [1.165, 1.54) is 6.07 Å². The van der Waals surface area contributed by atoms with Crippen molar-refractivity contribution in [1.82, 2.24) is 19.9 Å². The van der Waals surface area contributed by atoms with Gasteiger partial charge in [-0.15, -0.1) is 0 Å². The summed E-state index contributed by atoms with van der Waals surface area (Å²) in [5.74, 6) is 1.45. The van der Waals surface area contributed by atoms with Gasteiger partial charge in [0.25, 0.3) is 5.56 Å². The van der Waals surface area contributed by atoms with Crippen molar-refractivity contribution in [2.45, 2.75) is 26.3 Å². The lowest BCUT2D eigenvalue weighted by molar-refractivity contribution is 0.766. The van der Waals surface area contributed by atoms with Crippen LogP contribution >= 0.6 is 0 Å². The maximum Gasteiger partial charge on any atom is 0.252 e. The van der Waals surface area contributed by atoms with Crippen molar-refractivity contribution in [1.29, 1.82) is 0 Å². The van der Waals surface area contributed by atoms with Gasteiger partial charge in [0.05, 0.1) is 18.6 Å². The van der Waals surface area contributed by atoms with Crippen LogP contribution in [0.5, 0.6) is 0 Å². The fourth-order valence-electron chi connectivity index (χ4n) is 1.41. The maximum atomic E-state index is 11.4. The molecule has 0 aliphatic heterocycles. The van der Waals surface area contributed by atoms with E-state index < -0.39 is 0 Å². The molecule has 0 unspecified atom stereocenters. The number of nitrogens with one attached hydrogen (secondary N) is 3. The van der Waals surface area contributed by atoms with Gasteiger partial charge < -0.3 is 15.3 Å². The zero-order valence-corrected chi connectivity index (χ0v) is 9.82. The normalized spacial score (nSPS) is 10.8. The summed E-state index contributed by atoms with van der Waals surface area (Å²) in [6, 6.07) is 1.45. The molecule has 0 atom stereocenters. The van der Waals surface area contributed by atoms with Gasteiger partial charge in [-0.25, -0.2) is 9.97 Å². The fourth-order valence-corrected chi connectivity index (χ4v) is 1.41. The molecule has 0 aliphatic carbocycles. The Kier molecular flexibility index (Phi) is 3.22. The number of hydrogen-bond acceptors (Lipinski definition) is 4. The largest absolute Gasteiger partial charge is 0.364 e. The number of aromatic amines is 2. The molecule has 0 bridgehead atoms. The molecule has 6 heteroatoms. The van der Waals surface area contributed by atoms with Gasteiger partial charge in [0.1, 0.15) is 11.6 Å². The zero-order valence-electron chi connectivity index (χ0n) is 9.82. The highest BCUT2D eigenvalue weighted by atomic mass is 16.1. The molecule has 2 rings (SSSR count). The molecular weight excluding hydrogens is 218 g/mol. The first-order valence-electron chi connectivity index (χ1n) is 5.47. The third kappa shape index (κ3) is 2.93. The van der Waals surface area contributed by atoms with Crippen molar-refractivity contribution in [3.8, 4) is 0 Å². The van der Waals surface area contributed by atoms with Crippen molar-refractivity contribution >= 4 is 5.82 Å². The molecule has 0 saturated heterocycles. The van der Waals surface area contributed by atoms with Crippen LogP contribution in [0, 0.1) is 0 Å². The minimum atomic E-state index is -0.143. The number of nitrogens with zero attached hydrogens (tertiary/aromatic N) is 2. The molecule has 3 N–H and O–H groups in total. The number of rotatable bonds is 4. The number of anilines is 1. The van der Waals surface area contributed by atoms with Crippen molar-refractivity contribution in [3.05, 3.63) is 40.5 Å². The third-order valence-electron chi connectivity index (χ3n) is 2.32. The lowest BCUT2D eigenvalue weighted by Crippen LogP contribution is -2.14. The predicted octanol–water partition coefficient (Wildman–Crippen LogP) is 1.23. The van der Waals surface area contributed by atoms with Crippen LogP contribution in [0.4, 0.5) is 5.82 Å². The lowest BCUT2D eigenvalue weighted by atomic mass is 10.2. The molecule has 90 valence electrons. The van der Waals surface area contributed by atoms with E-state index >= 15 is 0 Å². The topological polar surface area (TPSA) is 86.5 Å². The van der Waals surface area contributed by atoms with Crippen LogP contribution in [0.3, 0.4) is 0 Å². The predicted molar refractivity (Wildman–Crippen MR) is 64.9 cm³/mol. The summed E-state index contributed by atoms with van der Waals surface area (Å²) in [4.78, 5) is 25.4. The summed E-state index contributed by atoms with van der Waals surface area (Å²) in [7, 11) is 0. The van der Waals surface area contributed by atoms with E-state index in [-0.39, 0.29) is 11.5 Å². The van der Waals surface area contributed by atoms with Gasteiger partial charge in [0, 0.05) is 18.2 Å². The summed E-state index contributed by atoms with van der Waals surface area (Å²) in [5, 5.41) is 3.08. The van der Waals surface area contributed by atoms with E-state index in [1.54, 1.807) is 12.5 Å². The van der Waals surface area contributed by atoms with Gasteiger partial charge in [-0.1, -0.05) is 13.8 Å². The Morgan fingerprint density at radius 3 is 2.94 bits per heavy atom. The van der Waals surface area contributed by atoms with Crippen LogP contribution in [0.2, 0.25) is 0 Å². The van der Waals surface area contributed by atoms with Gasteiger partial charge in [-0.3, -0.25) is 4.79 Å². The van der Waals surface area contributed by atoms with Gasteiger partial charge in [-0.2, -0.15) is 0 Å². The molecule has 0 aromatic carbocycles.